The van der Waals surface area contributed by atoms with Crippen molar-refractivity contribution in [1.29, 1.82) is 0 Å². The fraction of sp³-hybridized carbons (Fsp3) is 0.375. The second kappa shape index (κ2) is 6.38. The molecule has 1 aliphatic rings. The Balaban J connectivity index is 1.70. The van der Waals surface area contributed by atoms with Crippen LogP contribution in [0.4, 0.5) is 0 Å². The number of benzene rings is 1. The number of thiophene rings is 1. The van der Waals surface area contributed by atoms with Crippen molar-refractivity contribution >= 4 is 27.3 Å². The van der Waals surface area contributed by atoms with E-state index in [1.807, 2.05) is 0 Å². The Morgan fingerprint density at radius 3 is 3.00 bits per heavy atom. The van der Waals surface area contributed by atoms with Crippen LogP contribution in [-0.4, -0.2) is 13.2 Å². The molecule has 0 saturated heterocycles. The molecule has 0 bridgehead atoms. The van der Waals surface area contributed by atoms with Crippen molar-refractivity contribution in [2.45, 2.75) is 32.5 Å². The fourth-order valence-corrected chi connectivity index (χ4v) is 4.03. The molecule has 21 heavy (non-hydrogen) atoms. The van der Waals surface area contributed by atoms with E-state index in [1.165, 1.54) is 10.4 Å². The van der Waals surface area contributed by atoms with Crippen LogP contribution in [-0.2, 0) is 19.5 Å². The van der Waals surface area contributed by atoms with E-state index in [-0.39, 0.29) is 6.10 Å². The van der Waals surface area contributed by atoms with Crippen LogP contribution in [0.25, 0.3) is 0 Å². The highest BCUT2D eigenvalue weighted by atomic mass is 79.9. The van der Waals surface area contributed by atoms with E-state index in [9.17, 15) is 0 Å². The SMILES string of the molecule is COc1cc2c(cc1CNCc1sccc1Br)OC(C)C2. The molecule has 1 unspecified atom stereocenters. The molecule has 3 rings (SSSR count). The van der Waals surface area contributed by atoms with Crippen LogP contribution < -0.4 is 14.8 Å². The summed E-state index contributed by atoms with van der Waals surface area (Å²) in [5, 5.41) is 5.56. The second-order valence-corrected chi connectivity index (χ2v) is 7.05. The zero-order valence-corrected chi connectivity index (χ0v) is 14.5. The Morgan fingerprint density at radius 1 is 1.43 bits per heavy atom. The molecule has 0 spiro atoms. The van der Waals surface area contributed by atoms with Crippen molar-refractivity contribution in [3.8, 4) is 11.5 Å². The summed E-state index contributed by atoms with van der Waals surface area (Å²) in [6, 6.07) is 6.29. The number of methoxy groups -OCH3 is 1. The average molecular weight is 368 g/mol. The summed E-state index contributed by atoms with van der Waals surface area (Å²) < 4.78 is 12.5. The Bertz CT molecular complexity index is 641. The van der Waals surface area contributed by atoms with Crippen LogP contribution in [0.5, 0.6) is 11.5 Å². The molecule has 1 aliphatic heterocycles. The lowest BCUT2D eigenvalue weighted by molar-refractivity contribution is 0.254. The van der Waals surface area contributed by atoms with Crippen LogP contribution in [0.2, 0.25) is 0 Å². The number of ether oxygens (including phenoxy) is 2. The highest BCUT2D eigenvalue weighted by molar-refractivity contribution is 9.10. The van der Waals surface area contributed by atoms with Gasteiger partial charge in [0.2, 0.25) is 0 Å². The molecular weight excluding hydrogens is 350 g/mol. The van der Waals surface area contributed by atoms with Gasteiger partial charge in [0.15, 0.2) is 0 Å². The minimum Gasteiger partial charge on any atom is -0.496 e. The molecule has 112 valence electrons. The smallest absolute Gasteiger partial charge is 0.123 e. The molecule has 1 N–H and O–H groups in total. The molecule has 2 aromatic rings. The van der Waals surface area contributed by atoms with Gasteiger partial charge in [0.25, 0.3) is 0 Å². The van der Waals surface area contributed by atoms with E-state index >= 15 is 0 Å². The van der Waals surface area contributed by atoms with Crippen molar-refractivity contribution < 1.29 is 9.47 Å². The maximum absolute atomic E-state index is 5.83. The summed E-state index contributed by atoms with van der Waals surface area (Å²) in [5.74, 6) is 1.93. The first-order valence-corrected chi connectivity index (χ1v) is 8.63. The average Bonchev–Trinajstić information content (AvgIpc) is 3.02. The second-order valence-electron chi connectivity index (χ2n) is 5.20. The summed E-state index contributed by atoms with van der Waals surface area (Å²) in [6.45, 7) is 3.70. The third-order valence-electron chi connectivity index (χ3n) is 3.59. The van der Waals surface area contributed by atoms with Gasteiger partial charge in [-0.2, -0.15) is 0 Å². The number of nitrogens with one attached hydrogen (secondary N) is 1. The van der Waals surface area contributed by atoms with E-state index in [4.69, 9.17) is 9.47 Å². The quantitative estimate of drug-likeness (QED) is 0.861. The minimum absolute atomic E-state index is 0.259. The molecule has 0 saturated carbocycles. The molecule has 0 aliphatic carbocycles. The van der Waals surface area contributed by atoms with E-state index in [1.54, 1.807) is 18.4 Å². The minimum atomic E-state index is 0.259. The number of fused-ring (bicyclic) bond motifs is 1. The molecule has 3 nitrogen and oxygen atoms in total. The van der Waals surface area contributed by atoms with Crippen LogP contribution in [0.15, 0.2) is 28.1 Å². The highest BCUT2D eigenvalue weighted by Crippen LogP contribution is 2.35. The summed E-state index contributed by atoms with van der Waals surface area (Å²) >= 11 is 5.30. The maximum atomic E-state index is 5.83. The van der Waals surface area contributed by atoms with Crippen LogP contribution in [0.3, 0.4) is 0 Å². The van der Waals surface area contributed by atoms with Gasteiger partial charge in [-0.1, -0.05) is 0 Å². The molecule has 1 atom stereocenters. The van der Waals surface area contributed by atoms with Gasteiger partial charge in [-0.05, 0) is 46.4 Å². The number of halogens is 1. The lowest BCUT2D eigenvalue weighted by atomic mass is 10.1. The van der Waals surface area contributed by atoms with Crippen molar-refractivity contribution in [1.82, 2.24) is 5.32 Å². The van der Waals surface area contributed by atoms with Gasteiger partial charge in [-0.3, -0.25) is 0 Å². The summed E-state index contributed by atoms with van der Waals surface area (Å²) in [6.07, 6.45) is 1.22. The van der Waals surface area contributed by atoms with Crippen molar-refractivity contribution in [2.75, 3.05) is 7.11 Å². The van der Waals surface area contributed by atoms with Gasteiger partial charge in [0, 0.05) is 40.0 Å². The number of hydrogen-bond acceptors (Lipinski definition) is 4. The Kier molecular flexibility index (Phi) is 4.52. The maximum Gasteiger partial charge on any atom is 0.123 e. The van der Waals surface area contributed by atoms with E-state index in [0.717, 1.165) is 41.0 Å². The topological polar surface area (TPSA) is 30.5 Å². The van der Waals surface area contributed by atoms with Gasteiger partial charge < -0.3 is 14.8 Å². The predicted molar refractivity (Wildman–Crippen MR) is 89.4 cm³/mol. The van der Waals surface area contributed by atoms with E-state index in [2.05, 4.69) is 51.7 Å². The van der Waals surface area contributed by atoms with Gasteiger partial charge >= 0.3 is 0 Å². The van der Waals surface area contributed by atoms with Gasteiger partial charge in [0.05, 0.1) is 7.11 Å². The standard InChI is InChI=1S/C16H18BrNO2S/c1-10-5-11-6-14(19-2)12(7-15(11)20-10)8-18-9-16-13(17)3-4-21-16/h3-4,6-7,10,18H,5,8-9H2,1-2H3. The summed E-state index contributed by atoms with van der Waals surface area (Å²) in [7, 11) is 1.72. The normalized spacial score (nSPS) is 16.6. The zero-order chi connectivity index (χ0) is 14.8. The monoisotopic (exact) mass is 367 g/mol. The van der Waals surface area contributed by atoms with Crippen LogP contribution in [0, 0.1) is 0 Å². The third-order valence-corrected chi connectivity index (χ3v) is 5.52. The molecule has 0 radical (unpaired) electrons. The first-order valence-electron chi connectivity index (χ1n) is 6.96. The first kappa shape index (κ1) is 14.9. The molecule has 1 aromatic carbocycles. The first-order chi connectivity index (χ1) is 10.2. The third kappa shape index (κ3) is 3.25. The van der Waals surface area contributed by atoms with Gasteiger partial charge in [-0.25, -0.2) is 0 Å². The lowest BCUT2D eigenvalue weighted by Gasteiger charge is -2.12. The van der Waals surface area contributed by atoms with E-state index in [0.29, 0.717) is 0 Å². The van der Waals surface area contributed by atoms with Crippen molar-refractivity contribution in [2.24, 2.45) is 0 Å². The van der Waals surface area contributed by atoms with Crippen molar-refractivity contribution in [3.05, 3.63) is 44.1 Å². The highest BCUT2D eigenvalue weighted by Gasteiger charge is 2.21. The molecule has 2 heterocycles. The van der Waals surface area contributed by atoms with Crippen molar-refractivity contribution in [3.63, 3.8) is 0 Å². The van der Waals surface area contributed by atoms with Crippen LogP contribution in [0.1, 0.15) is 22.9 Å². The van der Waals surface area contributed by atoms with Crippen LogP contribution >= 0.6 is 27.3 Å². The molecule has 1 aromatic heterocycles. The van der Waals surface area contributed by atoms with Gasteiger partial charge in [0.1, 0.15) is 17.6 Å². The predicted octanol–water partition coefficient (Wildman–Crippen LogP) is 4.13. The fourth-order valence-electron chi connectivity index (χ4n) is 2.57. The Morgan fingerprint density at radius 2 is 2.29 bits per heavy atom. The summed E-state index contributed by atoms with van der Waals surface area (Å²) in [5.41, 5.74) is 2.38. The van der Waals surface area contributed by atoms with Gasteiger partial charge in [-0.15, -0.1) is 11.3 Å². The molecule has 0 amide bonds. The number of hydrogen-bond donors (Lipinski definition) is 1. The summed E-state index contributed by atoms with van der Waals surface area (Å²) in [4.78, 5) is 1.31. The molecular formula is C16H18BrNO2S. The molecule has 0 fully saturated rings. The zero-order valence-electron chi connectivity index (χ0n) is 12.1. The lowest BCUT2D eigenvalue weighted by Crippen LogP contribution is -2.13. The largest absolute Gasteiger partial charge is 0.496 e. The molecule has 5 heteroatoms. The van der Waals surface area contributed by atoms with E-state index < -0.39 is 0 Å². The Hall–Kier alpha value is -1.04. The Labute approximate surface area is 137 Å². The number of rotatable bonds is 5.